The van der Waals surface area contributed by atoms with E-state index < -0.39 is 11.9 Å². The maximum absolute atomic E-state index is 12.2. The van der Waals surface area contributed by atoms with Gasteiger partial charge in [-0.1, -0.05) is 31.4 Å². The van der Waals surface area contributed by atoms with Crippen molar-refractivity contribution in [1.29, 1.82) is 0 Å². The number of carboxylic acid groups (broad SMARTS) is 1. The lowest BCUT2D eigenvalue weighted by molar-refractivity contribution is -0.143. The zero-order valence-corrected chi connectivity index (χ0v) is 11.3. The number of rotatable bonds is 3. The van der Waals surface area contributed by atoms with Crippen LogP contribution >= 0.6 is 0 Å². The average molecular weight is 265 g/mol. The summed E-state index contributed by atoms with van der Waals surface area (Å²) < 4.78 is 0. The standard InChI is InChI=1S/C15H23NO3/c17-14(11-7-3-1-4-8-11)16-13-10-6-2-5-9-12(13)15(18)19/h1,3,11-13H,2,4-10H2,(H,16,17)(H,18,19)/t11?,12-,13+/m1/s1. The first kappa shape index (κ1) is 14.1. The van der Waals surface area contributed by atoms with Crippen LogP contribution in [0.4, 0.5) is 0 Å². The molecule has 2 N–H and O–H groups in total. The van der Waals surface area contributed by atoms with E-state index in [9.17, 15) is 14.7 Å². The Hall–Kier alpha value is -1.32. The summed E-state index contributed by atoms with van der Waals surface area (Å²) in [5.74, 6) is -1.11. The summed E-state index contributed by atoms with van der Waals surface area (Å²) in [6.45, 7) is 0. The van der Waals surface area contributed by atoms with Crippen LogP contribution in [0.5, 0.6) is 0 Å². The van der Waals surface area contributed by atoms with Crippen molar-refractivity contribution in [1.82, 2.24) is 5.32 Å². The first-order chi connectivity index (χ1) is 9.18. The highest BCUT2D eigenvalue weighted by Gasteiger charge is 2.32. The van der Waals surface area contributed by atoms with Gasteiger partial charge in [0.05, 0.1) is 5.92 Å². The SMILES string of the molecule is O=C(N[C@H]1CCCCC[C@H]1C(=O)O)C1CC=CCC1. The minimum Gasteiger partial charge on any atom is -0.481 e. The molecular weight excluding hydrogens is 242 g/mol. The second-order valence-electron chi connectivity index (χ2n) is 5.68. The Morgan fingerprint density at radius 3 is 2.53 bits per heavy atom. The van der Waals surface area contributed by atoms with Gasteiger partial charge in [0.1, 0.15) is 0 Å². The molecule has 2 aliphatic carbocycles. The topological polar surface area (TPSA) is 66.4 Å². The fourth-order valence-corrected chi connectivity index (χ4v) is 3.11. The van der Waals surface area contributed by atoms with Gasteiger partial charge in [-0.2, -0.15) is 0 Å². The molecule has 1 unspecified atom stereocenters. The van der Waals surface area contributed by atoms with Gasteiger partial charge in [0, 0.05) is 12.0 Å². The molecule has 1 saturated carbocycles. The van der Waals surface area contributed by atoms with Crippen molar-refractivity contribution in [2.75, 3.05) is 0 Å². The molecule has 106 valence electrons. The fraction of sp³-hybridized carbons (Fsp3) is 0.733. The van der Waals surface area contributed by atoms with E-state index in [1.807, 2.05) is 0 Å². The molecular formula is C15H23NO3. The van der Waals surface area contributed by atoms with Gasteiger partial charge in [-0.3, -0.25) is 9.59 Å². The van der Waals surface area contributed by atoms with Crippen molar-refractivity contribution in [2.45, 2.75) is 57.4 Å². The van der Waals surface area contributed by atoms with Crippen molar-refractivity contribution in [3.63, 3.8) is 0 Å². The minimum absolute atomic E-state index is 0.0303. The smallest absolute Gasteiger partial charge is 0.308 e. The first-order valence-corrected chi connectivity index (χ1v) is 7.36. The normalized spacial score (nSPS) is 31.5. The van der Waals surface area contributed by atoms with E-state index in [-0.39, 0.29) is 17.9 Å². The van der Waals surface area contributed by atoms with Gasteiger partial charge >= 0.3 is 5.97 Å². The zero-order chi connectivity index (χ0) is 13.7. The molecule has 4 nitrogen and oxygen atoms in total. The average Bonchev–Trinajstić information content (AvgIpc) is 2.65. The van der Waals surface area contributed by atoms with E-state index in [1.165, 1.54) is 0 Å². The van der Waals surface area contributed by atoms with E-state index in [2.05, 4.69) is 17.5 Å². The molecule has 0 aromatic carbocycles. The maximum Gasteiger partial charge on any atom is 0.308 e. The van der Waals surface area contributed by atoms with Crippen LogP contribution in [0.25, 0.3) is 0 Å². The zero-order valence-electron chi connectivity index (χ0n) is 11.3. The lowest BCUT2D eigenvalue weighted by atomic mass is 9.91. The van der Waals surface area contributed by atoms with E-state index in [1.54, 1.807) is 0 Å². The molecule has 0 radical (unpaired) electrons. The Morgan fingerprint density at radius 1 is 1.05 bits per heavy atom. The maximum atomic E-state index is 12.2. The molecule has 19 heavy (non-hydrogen) atoms. The van der Waals surface area contributed by atoms with Crippen molar-refractivity contribution in [3.8, 4) is 0 Å². The number of nitrogens with one attached hydrogen (secondary N) is 1. The van der Waals surface area contributed by atoms with Crippen LogP contribution < -0.4 is 5.32 Å². The number of amides is 1. The first-order valence-electron chi connectivity index (χ1n) is 7.36. The summed E-state index contributed by atoms with van der Waals surface area (Å²) in [7, 11) is 0. The van der Waals surface area contributed by atoms with Gasteiger partial charge in [0.25, 0.3) is 0 Å². The van der Waals surface area contributed by atoms with Crippen LogP contribution in [0.2, 0.25) is 0 Å². The fourth-order valence-electron chi connectivity index (χ4n) is 3.11. The number of carbonyl (C=O) groups is 2. The van der Waals surface area contributed by atoms with Gasteiger partial charge in [0.2, 0.25) is 5.91 Å². The van der Waals surface area contributed by atoms with Gasteiger partial charge in [-0.25, -0.2) is 0 Å². The van der Waals surface area contributed by atoms with Gasteiger partial charge < -0.3 is 10.4 Å². The largest absolute Gasteiger partial charge is 0.481 e. The van der Waals surface area contributed by atoms with Crippen molar-refractivity contribution in [2.24, 2.45) is 11.8 Å². The third kappa shape index (κ3) is 3.82. The molecule has 2 aliphatic rings. The summed E-state index contributed by atoms with van der Waals surface area (Å²) in [6.07, 6.45) is 11.3. The second-order valence-corrected chi connectivity index (χ2v) is 5.68. The summed E-state index contributed by atoms with van der Waals surface area (Å²) in [4.78, 5) is 23.5. The monoisotopic (exact) mass is 265 g/mol. The van der Waals surface area contributed by atoms with Crippen LogP contribution in [-0.2, 0) is 9.59 Å². The number of carbonyl (C=O) groups excluding carboxylic acids is 1. The highest BCUT2D eigenvalue weighted by Crippen LogP contribution is 2.25. The van der Waals surface area contributed by atoms with Gasteiger partial charge in [-0.05, 0) is 32.1 Å². The third-order valence-corrected chi connectivity index (χ3v) is 4.30. The Kier molecular flexibility index (Phi) is 5.00. The summed E-state index contributed by atoms with van der Waals surface area (Å²) in [6, 6.07) is -0.182. The van der Waals surface area contributed by atoms with Crippen LogP contribution in [0, 0.1) is 11.8 Å². The minimum atomic E-state index is -0.768. The molecule has 0 aliphatic heterocycles. The number of hydrogen-bond donors (Lipinski definition) is 2. The predicted octanol–water partition coefficient (Wildman–Crippen LogP) is 2.49. The molecule has 0 aromatic heterocycles. The number of carboxylic acids is 1. The summed E-state index contributed by atoms with van der Waals surface area (Å²) >= 11 is 0. The van der Waals surface area contributed by atoms with Gasteiger partial charge in [0.15, 0.2) is 0 Å². The highest BCUT2D eigenvalue weighted by molar-refractivity contribution is 5.80. The second kappa shape index (κ2) is 6.73. The van der Waals surface area contributed by atoms with Crippen LogP contribution in [0.3, 0.4) is 0 Å². The molecule has 0 spiro atoms. The Labute approximate surface area is 114 Å². The van der Waals surface area contributed by atoms with Crippen LogP contribution in [-0.4, -0.2) is 23.0 Å². The molecule has 3 atom stereocenters. The van der Waals surface area contributed by atoms with Gasteiger partial charge in [-0.15, -0.1) is 0 Å². The predicted molar refractivity (Wildman–Crippen MR) is 72.6 cm³/mol. The quantitative estimate of drug-likeness (QED) is 0.608. The van der Waals surface area contributed by atoms with Crippen molar-refractivity contribution < 1.29 is 14.7 Å². The van der Waals surface area contributed by atoms with Crippen molar-refractivity contribution >= 4 is 11.9 Å². The van der Waals surface area contributed by atoms with E-state index >= 15 is 0 Å². The Morgan fingerprint density at radius 2 is 1.84 bits per heavy atom. The molecule has 2 rings (SSSR count). The Bertz CT molecular complexity index is 364. The summed E-state index contributed by atoms with van der Waals surface area (Å²) in [5.41, 5.74) is 0. The molecule has 4 heteroatoms. The summed E-state index contributed by atoms with van der Waals surface area (Å²) in [5, 5.41) is 12.3. The van der Waals surface area contributed by atoms with Crippen LogP contribution in [0.1, 0.15) is 51.4 Å². The Balaban J connectivity index is 1.95. The van der Waals surface area contributed by atoms with E-state index in [0.29, 0.717) is 6.42 Å². The third-order valence-electron chi connectivity index (χ3n) is 4.30. The van der Waals surface area contributed by atoms with Crippen molar-refractivity contribution in [3.05, 3.63) is 12.2 Å². The lowest BCUT2D eigenvalue weighted by Crippen LogP contribution is -2.45. The van der Waals surface area contributed by atoms with E-state index in [0.717, 1.165) is 44.9 Å². The number of aliphatic carboxylic acids is 1. The van der Waals surface area contributed by atoms with Crippen LogP contribution in [0.15, 0.2) is 12.2 Å². The highest BCUT2D eigenvalue weighted by atomic mass is 16.4. The molecule has 0 saturated heterocycles. The number of allylic oxidation sites excluding steroid dienone is 2. The molecule has 0 heterocycles. The molecule has 1 fully saturated rings. The number of hydrogen-bond acceptors (Lipinski definition) is 2. The molecule has 0 aromatic rings. The van der Waals surface area contributed by atoms with E-state index in [4.69, 9.17) is 0 Å². The molecule has 0 bridgehead atoms. The lowest BCUT2D eigenvalue weighted by Gasteiger charge is -2.26. The molecule has 1 amide bonds.